The molecule has 51 heavy (non-hydrogen) atoms. The number of pyridine rings is 1. The van der Waals surface area contributed by atoms with Crippen LogP contribution in [-0.2, 0) is 5.41 Å². The van der Waals surface area contributed by atoms with Crippen LogP contribution >= 0.6 is 0 Å². The fourth-order valence-electron chi connectivity index (χ4n) is 9.20. The Balaban J connectivity index is 1.10. The smallest absolute Gasteiger partial charge is 0.135 e. The average Bonchev–Trinajstić information content (AvgIpc) is 3.80. The zero-order chi connectivity index (χ0) is 33.8. The lowest BCUT2D eigenvalue weighted by Gasteiger charge is -2.31. The first-order valence-electron chi connectivity index (χ1n) is 17.9. The van der Waals surface area contributed by atoms with E-state index in [4.69, 9.17) is 4.42 Å². The minimum atomic E-state index is -0.0463. The summed E-state index contributed by atoms with van der Waals surface area (Å²) < 4.78 is 8.64. The lowest BCUT2D eigenvalue weighted by atomic mass is 9.73. The first-order valence-corrected chi connectivity index (χ1v) is 17.9. The van der Waals surface area contributed by atoms with E-state index in [1.54, 1.807) is 0 Å². The van der Waals surface area contributed by atoms with Gasteiger partial charge in [-0.25, -0.2) is 0 Å². The van der Waals surface area contributed by atoms with Crippen LogP contribution in [0.25, 0.3) is 76.9 Å². The molecule has 0 fully saturated rings. The minimum absolute atomic E-state index is 0.0463. The second kappa shape index (κ2) is 10.4. The molecule has 0 saturated carbocycles. The first-order chi connectivity index (χ1) is 25.0. The number of furan rings is 1. The van der Waals surface area contributed by atoms with Gasteiger partial charge in [-0.15, -0.1) is 0 Å². The average molecular weight is 655 g/mol. The van der Waals surface area contributed by atoms with Crippen molar-refractivity contribution in [2.75, 3.05) is 0 Å². The summed E-state index contributed by atoms with van der Waals surface area (Å²) in [5.41, 5.74) is 12.9. The maximum absolute atomic E-state index is 6.16. The lowest BCUT2D eigenvalue weighted by molar-refractivity contribution is 0.395. The molecule has 3 aromatic heterocycles. The Morgan fingerprint density at radius 1 is 0.647 bits per heavy atom. The van der Waals surface area contributed by atoms with Crippen molar-refractivity contribution in [1.29, 1.82) is 0 Å². The monoisotopic (exact) mass is 654 g/mol. The van der Waals surface area contributed by atoms with Crippen LogP contribution in [0, 0.1) is 5.92 Å². The van der Waals surface area contributed by atoms with Crippen molar-refractivity contribution in [1.82, 2.24) is 9.55 Å². The van der Waals surface area contributed by atoms with Gasteiger partial charge in [-0.3, -0.25) is 4.98 Å². The van der Waals surface area contributed by atoms with Gasteiger partial charge >= 0.3 is 0 Å². The predicted octanol–water partition coefficient (Wildman–Crippen LogP) is 12.5. The summed E-state index contributed by atoms with van der Waals surface area (Å²) in [6.45, 7) is 4.83. The molecule has 242 valence electrons. The number of hydrogen-bond acceptors (Lipinski definition) is 2. The summed E-state index contributed by atoms with van der Waals surface area (Å²) in [5.74, 6) is 0.713. The number of hydrogen-bond donors (Lipinski definition) is 0. The largest absolute Gasteiger partial charge is 0.456 e. The summed E-state index contributed by atoms with van der Waals surface area (Å²) >= 11 is 0. The maximum Gasteiger partial charge on any atom is 0.135 e. The minimum Gasteiger partial charge on any atom is -0.456 e. The Morgan fingerprint density at radius 2 is 1.41 bits per heavy atom. The second-order valence-electron chi connectivity index (χ2n) is 14.8. The SMILES string of the molecule is CC1(C)c2cc(-n3c4ccc(-c5ccc6oc7ccccc7c6c5)cc4c4c5ccccc5ccc43)ccc2C2C=CC(c3ccccn3)=CC21. The molecule has 0 N–H and O–H groups in total. The van der Waals surface area contributed by atoms with E-state index in [9.17, 15) is 0 Å². The van der Waals surface area contributed by atoms with Crippen molar-refractivity contribution in [3.05, 3.63) is 175 Å². The fraction of sp³-hybridized carbons (Fsp3) is 0.104. The Morgan fingerprint density at radius 3 is 2.29 bits per heavy atom. The number of aromatic nitrogens is 2. The molecule has 3 nitrogen and oxygen atoms in total. The van der Waals surface area contributed by atoms with Crippen molar-refractivity contribution in [3.8, 4) is 16.8 Å². The van der Waals surface area contributed by atoms with Gasteiger partial charge in [-0.05, 0) is 111 Å². The molecule has 3 heteroatoms. The molecule has 0 bridgehead atoms. The van der Waals surface area contributed by atoms with E-state index in [1.807, 2.05) is 24.4 Å². The van der Waals surface area contributed by atoms with Crippen LogP contribution in [0.15, 0.2) is 162 Å². The second-order valence-corrected chi connectivity index (χ2v) is 14.8. The van der Waals surface area contributed by atoms with E-state index in [1.165, 1.54) is 66.1 Å². The Bertz CT molecular complexity index is 2950. The Hall–Kier alpha value is -6.19. The number of fused-ring (bicyclic) bond motifs is 11. The van der Waals surface area contributed by atoms with Crippen molar-refractivity contribution in [3.63, 3.8) is 0 Å². The van der Waals surface area contributed by atoms with Gasteiger partial charge in [0.25, 0.3) is 0 Å². The standard InChI is InChI=1S/C48H34N2O/c1-48(2)40-27-32(42-12-7-8-24-49-42)14-19-35(40)36-20-18-33(28-41(36)48)50-43-21-16-30(26-39(43)47-34-10-4-3-9-29(34)15-22-44(47)50)31-17-23-46-38(25-31)37-11-5-6-13-45(37)51-46/h3-28,35,40H,1-2H3. The molecule has 6 aromatic carbocycles. The molecule has 0 aliphatic heterocycles. The van der Waals surface area contributed by atoms with Gasteiger partial charge in [-0.1, -0.05) is 105 Å². The maximum atomic E-state index is 6.16. The van der Waals surface area contributed by atoms with Gasteiger partial charge < -0.3 is 8.98 Å². The lowest BCUT2D eigenvalue weighted by Crippen LogP contribution is -2.25. The number of rotatable bonds is 3. The van der Waals surface area contributed by atoms with Crippen LogP contribution < -0.4 is 0 Å². The van der Waals surface area contributed by atoms with Crippen molar-refractivity contribution in [2.45, 2.75) is 25.2 Å². The van der Waals surface area contributed by atoms with Crippen molar-refractivity contribution in [2.24, 2.45) is 5.92 Å². The normalized spacial score (nSPS) is 17.8. The van der Waals surface area contributed by atoms with Crippen LogP contribution in [0.1, 0.15) is 36.6 Å². The third-order valence-electron chi connectivity index (χ3n) is 11.7. The molecule has 0 saturated heterocycles. The number of nitrogens with zero attached hydrogens (tertiary/aromatic N) is 2. The van der Waals surface area contributed by atoms with Crippen LogP contribution in [0.5, 0.6) is 0 Å². The van der Waals surface area contributed by atoms with Gasteiger partial charge in [0.1, 0.15) is 11.2 Å². The number of benzene rings is 6. The molecule has 0 radical (unpaired) electrons. The highest BCUT2D eigenvalue weighted by Gasteiger charge is 2.45. The van der Waals surface area contributed by atoms with Crippen molar-refractivity contribution >= 4 is 60.1 Å². The predicted molar refractivity (Wildman–Crippen MR) is 212 cm³/mol. The molecule has 11 rings (SSSR count). The summed E-state index contributed by atoms with van der Waals surface area (Å²) in [6, 6.07) is 48.6. The van der Waals surface area contributed by atoms with Crippen LogP contribution in [-0.4, -0.2) is 9.55 Å². The van der Waals surface area contributed by atoms with Crippen LogP contribution in [0.3, 0.4) is 0 Å². The van der Waals surface area contributed by atoms with E-state index in [-0.39, 0.29) is 5.41 Å². The highest BCUT2D eigenvalue weighted by molar-refractivity contribution is 6.22. The highest BCUT2D eigenvalue weighted by atomic mass is 16.3. The van der Waals surface area contributed by atoms with E-state index in [2.05, 4.69) is 157 Å². The van der Waals surface area contributed by atoms with Gasteiger partial charge in [0, 0.05) is 39.3 Å². The first kappa shape index (κ1) is 28.6. The summed E-state index contributed by atoms with van der Waals surface area (Å²) in [5, 5.41) is 7.37. The zero-order valence-corrected chi connectivity index (χ0v) is 28.5. The molecule has 0 spiro atoms. The van der Waals surface area contributed by atoms with Gasteiger partial charge in [0.05, 0.1) is 16.7 Å². The quantitative estimate of drug-likeness (QED) is 0.190. The molecule has 3 heterocycles. The fourth-order valence-corrected chi connectivity index (χ4v) is 9.20. The summed E-state index contributed by atoms with van der Waals surface area (Å²) in [6.07, 6.45) is 9.02. The number of para-hydroxylation sites is 1. The molecular formula is C48H34N2O. The van der Waals surface area contributed by atoms with E-state index >= 15 is 0 Å². The van der Waals surface area contributed by atoms with Crippen LogP contribution in [0.4, 0.5) is 0 Å². The number of allylic oxidation sites excluding steroid dienone is 4. The zero-order valence-electron chi connectivity index (χ0n) is 28.5. The molecule has 0 amide bonds. The van der Waals surface area contributed by atoms with E-state index in [0.29, 0.717) is 11.8 Å². The molecular weight excluding hydrogens is 621 g/mol. The van der Waals surface area contributed by atoms with Gasteiger partial charge in [0.2, 0.25) is 0 Å². The van der Waals surface area contributed by atoms with Crippen molar-refractivity contribution < 1.29 is 4.42 Å². The topological polar surface area (TPSA) is 31.0 Å². The van der Waals surface area contributed by atoms with Gasteiger partial charge in [-0.2, -0.15) is 0 Å². The molecule has 2 aliphatic rings. The third kappa shape index (κ3) is 4.09. The van der Waals surface area contributed by atoms with Gasteiger partial charge in [0.15, 0.2) is 0 Å². The molecule has 2 aliphatic carbocycles. The van der Waals surface area contributed by atoms with E-state index < -0.39 is 0 Å². The summed E-state index contributed by atoms with van der Waals surface area (Å²) in [7, 11) is 0. The highest BCUT2D eigenvalue weighted by Crippen LogP contribution is 2.55. The third-order valence-corrected chi connectivity index (χ3v) is 11.7. The molecule has 2 atom stereocenters. The summed E-state index contributed by atoms with van der Waals surface area (Å²) in [4.78, 5) is 4.66. The Labute approximate surface area is 295 Å². The molecule has 2 unspecified atom stereocenters. The Kier molecular flexibility index (Phi) is 5.85. The van der Waals surface area contributed by atoms with Crippen LogP contribution in [0.2, 0.25) is 0 Å². The molecule has 9 aromatic rings. The van der Waals surface area contributed by atoms with E-state index in [0.717, 1.165) is 27.6 Å².